The van der Waals surface area contributed by atoms with Gasteiger partial charge < -0.3 is 5.11 Å². The van der Waals surface area contributed by atoms with E-state index in [0.717, 1.165) is 29.1 Å². The minimum Gasteiger partial charge on any atom is -0.480 e. The van der Waals surface area contributed by atoms with Crippen molar-refractivity contribution < 1.29 is 9.90 Å². The van der Waals surface area contributed by atoms with Crippen LogP contribution in [0.3, 0.4) is 0 Å². The molecule has 2 aromatic rings. The molecule has 5 heteroatoms. The molecule has 22 heavy (non-hydrogen) atoms. The second kappa shape index (κ2) is 8.06. The van der Waals surface area contributed by atoms with E-state index in [0.29, 0.717) is 13.0 Å². The van der Waals surface area contributed by atoms with Crippen LogP contribution in [0.1, 0.15) is 37.9 Å². The summed E-state index contributed by atoms with van der Waals surface area (Å²) >= 11 is 1.59. The minimum atomic E-state index is -0.799. The van der Waals surface area contributed by atoms with Gasteiger partial charge in [-0.05, 0) is 18.4 Å². The zero-order valence-corrected chi connectivity index (χ0v) is 13.8. The lowest BCUT2D eigenvalue weighted by molar-refractivity contribution is -0.139. The van der Waals surface area contributed by atoms with E-state index in [9.17, 15) is 4.79 Å². The van der Waals surface area contributed by atoms with Crippen LogP contribution in [-0.4, -0.2) is 22.1 Å². The summed E-state index contributed by atoms with van der Waals surface area (Å²) in [5.41, 5.74) is 3.31. The van der Waals surface area contributed by atoms with Crippen LogP contribution in [0.25, 0.3) is 10.6 Å². The summed E-state index contributed by atoms with van der Waals surface area (Å²) in [5.74, 6) is -0.799. The molecule has 0 aliphatic rings. The first-order valence-electron chi connectivity index (χ1n) is 7.64. The molecule has 1 atom stereocenters. The molecule has 0 amide bonds. The Balaban J connectivity index is 1.99. The van der Waals surface area contributed by atoms with Crippen LogP contribution in [0.15, 0.2) is 29.6 Å². The van der Waals surface area contributed by atoms with E-state index in [1.54, 1.807) is 11.3 Å². The van der Waals surface area contributed by atoms with Crippen LogP contribution in [0.5, 0.6) is 0 Å². The summed E-state index contributed by atoms with van der Waals surface area (Å²) in [6.45, 7) is 4.61. The predicted octanol–water partition coefficient (Wildman–Crippen LogP) is 3.72. The van der Waals surface area contributed by atoms with E-state index in [1.165, 1.54) is 5.56 Å². The number of carboxylic acid groups (broad SMARTS) is 1. The van der Waals surface area contributed by atoms with Crippen molar-refractivity contribution in [3.05, 3.63) is 40.9 Å². The van der Waals surface area contributed by atoms with E-state index < -0.39 is 12.0 Å². The topological polar surface area (TPSA) is 62.2 Å². The van der Waals surface area contributed by atoms with Gasteiger partial charge in [-0.3, -0.25) is 10.1 Å². The van der Waals surface area contributed by atoms with Crippen LogP contribution in [0, 0.1) is 0 Å². The molecule has 2 N–H and O–H groups in total. The van der Waals surface area contributed by atoms with Gasteiger partial charge in [0.2, 0.25) is 0 Å². The van der Waals surface area contributed by atoms with E-state index in [1.807, 2.05) is 12.3 Å². The highest BCUT2D eigenvalue weighted by molar-refractivity contribution is 7.13. The summed E-state index contributed by atoms with van der Waals surface area (Å²) in [4.78, 5) is 15.7. The summed E-state index contributed by atoms with van der Waals surface area (Å²) < 4.78 is 0. The molecular formula is C17H22N2O2S. The molecule has 4 nitrogen and oxygen atoms in total. The smallest absolute Gasteiger partial charge is 0.320 e. The third-order valence-corrected chi connectivity index (χ3v) is 4.51. The average Bonchev–Trinajstić information content (AvgIpc) is 3.00. The number of nitrogens with one attached hydrogen (secondary N) is 1. The van der Waals surface area contributed by atoms with Crippen molar-refractivity contribution in [2.75, 3.05) is 0 Å². The molecule has 2 rings (SSSR count). The zero-order valence-electron chi connectivity index (χ0n) is 13.0. The van der Waals surface area contributed by atoms with Gasteiger partial charge in [0, 0.05) is 17.5 Å². The minimum absolute atomic E-state index is 0.487. The molecule has 1 heterocycles. The van der Waals surface area contributed by atoms with E-state index in [4.69, 9.17) is 5.11 Å². The Morgan fingerprint density at radius 3 is 2.64 bits per heavy atom. The van der Waals surface area contributed by atoms with Crippen molar-refractivity contribution in [2.45, 2.75) is 45.7 Å². The van der Waals surface area contributed by atoms with Crippen LogP contribution in [0.2, 0.25) is 0 Å². The average molecular weight is 318 g/mol. The first-order chi connectivity index (χ1) is 10.6. The van der Waals surface area contributed by atoms with Gasteiger partial charge >= 0.3 is 5.97 Å². The Morgan fingerprint density at radius 2 is 2.05 bits per heavy atom. The van der Waals surface area contributed by atoms with Crippen molar-refractivity contribution in [1.82, 2.24) is 10.3 Å². The van der Waals surface area contributed by atoms with Crippen LogP contribution < -0.4 is 5.32 Å². The maximum Gasteiger partial charge on any atom is 0.320 e. The molecule has 118 valence electrons. The number of nitrogens with zero attached hydrogens (tertiary/aromatic N) is 1. The number of benzene rings is 1. The van der Waals surface area contributed by atoms with Crippen molar-refractivity contribution >= 4 is 17.3 Å². The lowest BCUT2D eigenvalue weighted by Gasteiger charge is -2.11. The Kier molecular flexibility index (Phi) is 6.10. The number of thiazole rings is 1. The number of carbonyl (C=O) groups is 1. The van der Waals surface area contributed by atoms with Gasteiger partial charge in [0.15, 0.2) is 0 Å². The Hall–Kier alpha value is -1.72. The van der Waals surface area contributed by atoms with E-state index in [2.05, 4.69) is 41.5 Å². The van der Waals surface area contributed by atoms with Crippen LogP contribution in [-0.2, 0) is 17.8 Å². The zero-order chi connectivity index (χ0) is 15.9. The van der Waals surface area contributed by atoms with Gasteiger partial charge in [0.05, 0.1) is 5.69 Å². The van der Waals surface area contributed by atoms with Crippen molar-refractivity contribution in [3.8, 4) is 10.6 Å². The fourth-order valence-electron chi connectivity index (χ4n) is 2.23. The SMILES string of the molecule is CCCC(NCc1csc(-c2ccc(CC)cc2)n1)C(=O)O. The largest absolute Gasteiger partial charge is 0.480 e. The highest BCUT2D eigenvalue weighted by Gasteiger charge is 2.16. The maximum absolute atomic E-state index is 11.1. The van der Waals surface area contributed by atoms with Gasteiger partial charge in [0.1, 0.15) is 11.0 Å². The normalized spacial score (nSPS) is 12.3. The lowest BCUT2D eigenvalue weighted by atomic mass is 10.1. The Bertz CT molecular complexity index is 607. The number of aromatic nitrogens is 1. The molecule has 1 unspecified atom stereocenters. The maximum atomic E-state index is 11.1. The number of hydrogen-bond acceptors (Lipinski definition) is 4. The molecule has 1 aromatic heterocycles. The van der Waals surface area contributed by atoms with Crippen molar-refractivity contribution in [3.63, 3.8) is 0 Å². The lowest BCUT2D eigenvalue weighted by Crippen LogP contribution is -2.36. The molecular weight excluding hydrogens is 296 g/mol. The molecule has 0 saturated heterocycles. The first-order valence-corrected chi connectivity index (χ1v) is 8.51. The molecule has 0 fully saturated rings. The number of hydrogen-bond donors (Lipinski definition) is 2. The summed E-state index contributed by atoms with van der Waals surface area (Å²) in [7, 11) is 0. The van der Waals surface area contributed by atoms with Crippen molar-refractivity contribution in [2.24, 2.45) is 0 Å². The monoisotopic (exact) mass is 318 g/mol. The van der Waals surface area contributed by atoms with Gasteiger partial charge in [0.25, 0.3) is 0 Å². The highest BCUT2D eigenvalue weighted by Crippen LogP contribution is 2.24. The molecule has 0 aliphatic heterocycles. The second-order valence-electron chi connectivity index (χ2n) is 5.25. The summed E-state index contributed by atoms with van der Waals surface area (Å²) in [6, 6.07) is 7.92. The number of carboxylic acids is 1. The summed E-state index contributed by atoms with van der Waals surface area (Å²) in [6.07, 6.45) is 2.50. The quantitative estimate of drug-likeness (QED) is 0.779. The molecule has 0 bridgehead atoms. The van der Waals surface area contributed by atoms with Gasteiger partial charge in [-0.25, -0.2) is 4.98 Å². The van der Waals surface area contributed by atoms with E-state index in [-0.39, 0.29) is 0 Å². The number of aryl methyl sites for hydroxylation is 1. The van der Waals surface area contributed by atoms with Crippen LogP contribution in [0.4, 0.5) is 0 Å². The fraction of sp³-hybridized carbons (Fsp3) is 0.412. The fourth-order valence-corrected chi connectivity index (χ4v) is 3.06. The third-order valence-electron chi connectivity index (χ3n) is 3.57. The third kappa shape index (κ3) is 4.39. The summed E-state index contributed by atoms with van der Waals surface area (Å²) in [5, 5.41) is 15.2. The van der Waals surface area contributed by atoms with Gasteiger partial charge in [-0.1, -0.05) is 44.5 Å². The standard InChI is InChI=1S/C17H22N2O2S/c1-3-5-15(17(20)21)18-10-14-11-22-16(19-14)13-8-6-12(4-2)7-9-13/h6-9,11,15,18H,3-5,10H2,1-2H3,(H,20,21). The van der Waals surface area contributed by atoms with Crippen LogP contribution >= 0.6 is 11.3 Å². The second-order valence-corrected chi connectivity index (χ2v) is 6.11. The molecule has 0 saturated carbocycles. The van der Waals surface area contributed by atoms with Gasteiger partial charge in [-0.2, -0.15) is 0 Å². The number of aliphatic carboxylic acids is 1. The predicted molar refractivity (Wildman–Crippen MR) is 90.1 cm³/mol. The Labute approximate surface area is 135 Å². The van der Waals surface area contributed by atoms with Crippen molar-refractivity contribution in [1.29, 1.82) is 0 Å². The highest BCUT2D eigenvalue weighted by atomic mass is 32.1. The van der Waals surface area contributed by atoms with Gasteiger partial charge in [-0.15, -0.1) is 11.3 Å². The first kappa shape index (κ1) is 16.6. The molecule has 0 radical (unpaired) electrons. The molecule has 0 spiro atoms. The Morgan fingerprint density at radius 1 is 1.32 bits per heavy atom. The van der Waals surface area contributed by atoms with E-state index >= 15 is 0 Å². The molecule has 1 aromatic carbocycles. The molecule has 0 aliphatic carbocycles. The number of rotatable bonds is 8.